The van der Waals surface area contributed by atoms with Crippen LogP contribution in [0.25, 0.3) is 6.08 Å². The van der Waals surface area contributed by atoms with Crippen LogP contribution in [0.15, 0.2) is 47.4 Å². The van der Waals surface area contributed by atoms with Gasteiger partial charge in [-0.05, 0) is 36.0 Å². The van der Waals surface area contributed by atoms with E-state index in [0.717, 1.165) is 11.8 Å². The largest absolute Gasteiger partial charge is 0.457 e. The van der Waals surface area contributed by atoms with E-state index in [4.69, 9.17) is 16.3 Å². The van der Waals surface area contributed by atoms with E-state index in [9.17, 15) is 14.0 Å². The average Bonchev–Trinajstić information content (AvgIpc) is 2.83. The van der Waals surface area contributed by atoms with Gasteiger partial charge in [0.15, 0.2) is 0 Å². The molecule has 7 heteroatoms. The van der Waals surface area contributed by atoms with Gasteiger partial charge in [0.1, 0.15) is 17.3 Å². The highest BCUT2D eigenvalue weighted by Gasteiger charge is 2.25. The molecule has 1 aliphatic heterocycles. The Labute approximate surface area is 140 Å². The second-order valence-electron chi connectivity index (χ2n) is 4.57. The molecular weight excluding hydrogens is 341 g/mol. The van der Waals surface area contributed by atoms with Gasteiger partial charge in [-0.2, -0.15) is 0 Å². The smallest absolute Gasteiger partial charge is 0.290 e. The summed E-state index contributed by atoms with van der Waals surface area (Å²) in [7, 11) is 0. The lowest BCUT2D eigenvalue weighted by Crippen LogP contribution is -2.17. The molecule has 1 heterocycles. The first kappa shape index (κ1) is 15.6. The quantitative estimate of drug-likeness (QED) is 0.823. The summed E-state index contributed by atoms with van der Waals surface area (Å²) in [5.74, 6) is -0.338. The molecule has 1 fully saturated rings. The van der Waals surface area contributed by atoms with Crippen molar-refractivity contribution in [2.75, 3.05) is 0 Å². The SMILES string of the molecule is O=C1NC(=O)/C(=C\c2ccccc2Oc2ccc(Cl)c(F)c2)S1. The summed E-state index contributed by atoms with van der Waals surface area (Å²) in [6.45, 7) is 0. The highest BCUT2D eigenvalue weighted by atomic mass is 35.5. The maximum Gasteiger partial charge on any atom is 0.290 e. The lowest BCUT2D eigenvalue weighted by molar-refractivity contribution is -0.115. The van der Waals surface area contributed by atoms with E-state index in [2.05, 4.69) is 5.32 Å². The normalized spacial score (nSPS) is 15.8. The average molecular weight is 350 g/mol. The summed E-state index contributed by atoms with van der Waals surface area (Å²) >= 11 is 6.46. The Morgan fingerprint density at radius 3 is 2.65 bits per heavy atom. The molecule has 0 bridgehead atoms. The molecule has 4 nitrogen and oxygen atoms in total. The molecular formula is C16H9ClFNO3S. The number of nitrogens with one attached hydrogen (secondary N) is 1. The zero-order valence-electron chi connectivity index (χ0n) is 11.5. The Morgan fingerprint density at radius 2 is 1.96 bits per heavy atom. The van der Waals surface area contributed by atoms with Gasteiger partial charge in [-0.3, -0.25) is 14.9 Å². The van der Waals surface area contributed by atoms with Crippen molar-refractivity contribution in [1.29, 1.82) is 0 Å². The third-order valence-corrected chi connectivity index (χ3v) is 4.08. The van der Waals surface area contributed by atoms with E-state index in [-0.39, 0.29) is 15.7 Å². The van der Waals surface area contributed by atoms with Crippen LogP contribution in [-0.4, -0.2) is 11.1 Å². The van der Waals surface area contributed by atoms with Crippen molar-refractivity contribution in [3.63, 3.8) is 0 Å². The molecule has 0 aromatic heterocycles. The number of halogens is 2. The van der Waals surface area contributed by atoms with Crippen LogP contribution in [0.3, 0.4) is 0 Å². The zero-order chi connectivity index (χ0) is 16.4. The lowest BCUT2D eigenvalue weighted by atomic mass is 10.2. The summed E-state index contributed by atoms with van der Waals surface area (Å²) in [5, 5.41) is 1.77. The van der Waals surface area contributed by atoms with Crippen LogP contribution in [0.4, 0.5) is 9.18 Å². The molecule has 3 rings (SSSR count). The number of thioether (sulfide) groups is 1. The molecule has 0 radical (unpaired) electrons. The fourth-order valence-electron chi connectivity index (χ4n) is 1.92. The van der Waals surface area contributed by atoms with Gasteiger partial charge in [-0.15, -0.1) is 0 Å². The van der Waals surface area contributed by atoms with E-state index in [1.807, 2.05) is 0 Å². The number of benzene rings is 2. The van der Waals surface area contributed by atoms with E-state index in [1.165, 1.54) is 18.2 Å². The van der Waals surface area contributed by atoms with Crippen LogP contribution < -0.4 is 10.1 Å². The van der Waals surface area contributed by atoms with Crippen molar-refractivity contribution in [2.45, 2.75) is 0 Å². The first-order valence-electron chi connectivity index (χ1n) is 6.50. The predicted molar refractivity (Wildman–Crippen MR) is 87.0 cm³/mol. The Kier molecular flexibility index (Phi) is 4.36. The van der Waals surface area contributed by atoms with E-state index >= 15 is 0 Å². The Balaban J connectivity index is 1.92. The number of carbonyl (C=O) groups excluding carboxylic acids is 2. The van der Waals surface area contributed by atoms with Gasteiger partial charge in [0.05, 0.1) is 9.93 Å². The van der Waals surface area contributed by atoms with Crippen LogP contribution in [0.2, 0.25) is 5.02 Å². The highest BCUT2D eigenvalue weighted by Crippen LogP contribution is 2.32. The van der Waals surface area contributed by atoms with Gasteiger partial charge in [-0.25, -0.2) is 4.39 Å². The Morgan fingerprint density at radius 1 is 1.17 bits per heavy atom. The molecule has 2 amide bonds. The standard InChI is InChI=1S/C16H9ClFNO3S/c17-11-6-5-10(8-12(11)18)22-13-4-2-1-3-9(13)7-14-15(20)19-16(21)23-14/h1-8H,(H,19,20,21)/b14-7+. The van der Waals surface area contributed by atoms with Crippen LogP contribution in [0, 0.1) is 5.82 Å². The van der Waals surface area contributed by atoms with Gasteiger partial charge in [-0.1, -0.05) is 29.8 Å². The predicted octanol–water partition coefficient (Wildman–Crippen LogP) is 4.60. The van der Waals surface area contributed by atoms with Gasteiger partial charge < -0.3 is 4.74 Å². The maximum atomic E-state index is 13.5. The summed E-state index contributed by atoms with van der Waals surface area (Å²) in [6.07, 6.45) is 1.55. The van der Waals surface area contributed by atoms with E-state index < -0.39 is 17.0 Å². The van der Waals surface area contributed by atoms with Gasteiger partial charge >= 0.3 is 0 Å². The molecule has 2 aromatic carbocycles. The first-order valence-corrected chi connectivity index (χ1v) is 7.69. The van der Waals surface area contributed by atoms with Crippen LogP contribution >= 0.6 is 23.4 Å². The number of imide groups is 1. The van der Waals surface area contributed by atoms with Gasteiger partial charge in [0.2, 0.25) is 0 Å². The number of amides is 2. The summed E-state index contributed by atoms with van der Waals surface area (Å²) in [6, 6.07) is 11.0. The van der Waals surface area contributed by atoms with Crippen molar-refractivity contribution in [2.24, 2.45) is 0 Å². The monoisotopic (exact) mass is 349 g/mol. The molecule has 0 saturated carbocycles. The third kappa shape index (κ3) is 3.55. The molecule has 0 atom stereocenters. The van der Waals surface area contributed by atoms with Crippen molar-refractivity contribution in [1.82, 2.24) is 5.32 Å². The lowest BCUT2D eigenvalue weighted by Gasteiger charge is -2.09. The van der Waals surface area contributed by atoms with Gasteiger partial charge in [0.25, 0.3) is 11.1 Å². The molecule has 0 aliphatic carbocycles. The van der Waals surface area contributed by atoms with Crippen molar-refractivity contribution in [3.8, 4) is 11.5 Å². The van der Waals surface area contributed by atoms with Crippen LogP contribution in [0.1, 0.15) is 5.56 Å². The molecule has 116 valence electrons. The van der Waals surface area contributed by atoms with E-state index in [1.54, 1.807) is 30.3 Å². The fraction of sp³-hybridized carbons (Fsp3) is 0. The zero-order valence-corrected chi connectivity index (χ0v) is 13.1. The molecule has 0 spiro atoms. The summed E-state index contributed by atoms with van der Waals surface area (Å²) in [5.41, 5.74) is 0.593. The summed E-state index contributed by atoms with van der Waals surface area (Å²) in [4.78, 5) is 23.1. The highest BCUT2D eigenvalue weighted by molar-refractivity contribution is 8.18. The number of hydrogen-bond donors (Lipinski definition) is 1. The molecule has 2 aromatic rings. The molecule has 1 N–H and O–H groups in total. The fourth-order valence-corrected chi connectivity index (χ4v) is 2.71. The topological polar surface area (TPSA) is 55.4 Å². The number of hydrogen-bond acceptors (Lipinski definition) is 4. The van der Waals surface area contributed by atoms with Crippen molar-refractivity contribution < 1.29 is 18.7 Å². The minimum atomic E-state index is -0.587. The third-order valence-electron chi connectivity index (χ3n) is 2.97. The molecule has 1 aliphatic rings. The number of ether oxygens (including phenoxy) is 1. The Bertz CT molecular complexity index is 838. The van der Waals surface area contributed by atoms with Crippen molar-refractivity contribution in [3.05, 3.63) is 63.8 Å². The van der Waals surface area contributed by atoms with Crippen LogP contribution in [-0.2, 0) is 4.79 Å². The minimum absolute atomic E-state index is 0.00490. The molecule has 0 unspecified atom stereocenters. The van der Waals surface area contributed by atoms with E-state index in [0.29, 0.717) is 11.3 Å². The second-order valence-corrected chi connectivity index (χ2v) is 5.99. The van der Waals surface area contributed by atoms with Gasteiger partial charge in [0, 0.05) is 11.6 Å². The maximum absolute atomic E-state index is 13.5. The summed E-state index contributed by atoms with van der Waals surface area (Å²) < 4.78 is 19.1. The second kappa shape index (κ2) is 6.44. The molecule has 23 heavy (non-hydrogen) atoms. The minimum Gasteiger partial charge on any atom is -0.457 e. The Hall–Kier alpha value is -2.31. The first-order chi connectivity index (χ1) is 11.0. The molecule has 1 saturated heterocycles. The number of carbonyl (C=O) groups is 2. The number of rotatable bonds is 3. The van der Waals surface area contributed by atoms with Crippen molar-refractivity contribution >= 4 is 40.6 Å². The number of para-hydroxylation sites is 1. The van der Waals surface area contributed by atoms with Crippen LogP contribution in [0.5, 0.6) is 11.5 Å².